The third-order valence-electron chi connectivity index (χ3n) is 3.87. The summed E-state index contributed by atoms with van der Waals surface area (Å²) >= 11 is 6.03. The zero-order chi connectivity index (χ0) is 17.5. The first-order valence-electron chi connectivity index (χ1n) is 7.89. The lowest BCUT2D eigenvalue weighted by Gasteiger charge is -2.11. The third-order valence-corrected chi connectivity index (χ3v) is 4.16. The second kappa shape index (κ2) is 8.60. The predicted molar refractivity (Wildman–Crippen MR) is 97.3 cm³/mol. The summed E-state index contributed by atoms with van der Waals surface area (Å²) < 4.78 is 10.6. The fourth-order valence-electron chi connectivity index (χ4n) is 2.22. The molecule has 0 fully saturated rings. The summed E-state index contributed by atoms with van der Waals surface area (Å²) in [6.07, 6.45) is 1.09. The highest BCUT2D eigenvalue weighted by Gasteiger charge is 2.07. The van der Waals surface area contributed by atoms with Crippen LogP contribution in [0.4, 0.5) is 5.69 Å². The van der Waals surface area contributed by atoms with Crippen LogP contribution in [0.5, 0.6) is 11.5 Å². The molecule has 24 heavy (non-hydrogen) atoms. The van der Waals surface area contributed by atoms with E-state index in [4.69, 9.17) is 21.1 Å². The SMILES string of the molecule is CCC(C)c1ccc(OCC(=O)Nc2ccc(OC)c(Cl)c2)cc1. The summed E-state index contributed by atoms with van der Waals surface area (Å²) in [5.41, 5.74) is 1.86. The molecule has 0 aliphatic heterocycles. The van der Waals surface area contributed by atoms with Crippen LogP contribution in [0.2, 0.25) is 5.02 Å². The van der Waals surface area contributed by atoms with Crippen LogP contribution >= 0.6 is 11.6 Å². The van der Waals surface area contributed by atoms with Crippen molar-refractivity contribution in [3.63, 3.8) is 0 Å². The van der Waals surface area contributed by atoms with Gasteiger partial charge in [0.1, 0.15) is 11.5 Å². The van der Waals surface area contributed by atoms with Gasteiger partial charge >= 0.3 is 0 Å². The number of halogens is 1. The quantitative estimate of drug-likeness (QED) is 0.776. The average molecular weight is 348 g/mol. The van der Waals surface area contributed by atoms with E-state index in [1.807, 2.05) is 24.3 Å². The number of amides is 1. The topological polar surface area (TPSA) is 47.6 Å². The van der Waals surface area contributed by atoms with E-state index in [0.29, 0.717) is 28.1 Å². The van der Waals surface area contributed by atoms with E-state index >= 15 is 0 Å². The number of anilines is 1. The molecular weight excluding hydrogens is 326 g/mol. The van der Waals surface area contributed by atoms with Gasteiger partial charge in [-0.15, -0.1) is 0 Å². The Hall–Kier alpha value is -2.20. The van der Waals surface area contributed by atoms with Crippen LogP contribution in [0, 0.1) is 0 Å². The van der Waals surface area contributed by atoms with E-state index in [1.165, 1.54) is 5.56 Å². The summed E-state index contributed by atoms with van der Waals surface area (Å²) in [6.45, 7) is 4.28. The van der Waals surface area contributed by atoms with E-state index in [2.05, 4.69) is 19.2 Å². The maximum Gasteiger partial charge on any atom is 0.262 e. The normalized spacial score (nSPS) is 11.7. The third kappa shape index (κ3) is 4.90. The van der Waals surface area contributed by atoms with E-state index in [-0.39, 0.29) is 12.5 Å². The summed E-state index contributed by atoms with van der Waals surface area (Å²) in [5, 5.41) is 3.18. The average Bonchev–Trinajstić information content (AvgIpc) is 2.60. The van der Waals surface area contributed by atoms with Crippen molar-refractivity contribution >= 4 is 23.2 Å². The van der Waals surface area contributed by atoms with Crippen molar-refractivity contribution in [3.8, 4) is 11.5 Å². The smallest absolute Gasteiger partial charge is 0.262 e. The summed E-state index contributed by atoms with van der Waals surface area (Å²) in [6, 6.07) is 12.9. The van der Waals surface area contributed by atoms with Crippen LogP contribution in [0.1, 0.15) is 31.7 Å². The molecule has 0 aliphatic carbocycles. The molecule has 4 nitrogen and oxygen atoms in total. The molecule has 0 saturated carbocycles. The zero-order valence-corrected chi connectivity index (χ0v) is 14.9. The van der Waals surface area contributed by atoms with Gasteiger partial charge in [0, 0.05) is 5.69 Å². The Morgan fingerprint density at radius 1 is 1.21 bits per heavy atom. The molecule has 0 heterocycles. The number of hydrogen-bond donors (Lipinski definition) is 1. The molecule has 0 aromatic heterocycles. The van der Waals surface area contributed by atoms with Gasteiger partial charge in [0.05, 0.1) is 12.1 Å². The molecule has 1 atom stereocenters. The lowest BCUT2D eigenvalue weighted by molar-refractivity contribution is -0.118. The highest BCUT2D eigenvalue weighted by Crippen LogP contribution is 2.27. The van der Waals surface area contributed by atoms with E-state index in [1.54, 1.807) is 25.3 Å². The minimum atomic E-state index is -0.248. The molecule has 2 rings (SSSR count). The molecular formula is C19H22ClNO3. The Labute approximate surface area is 147 Å². The van der Waals surface area contributed by atoms with Gasteiger partial charge in [-0.25, -0.2) is 0 Å². The molecule has 0 spiro atoms. The Kier molecular flexibility index (Phi) is 6.50. The lowest BCUT2D eigenvalue weighted by Crippen LogP contribution is -2.20. The largest absolute Gasteiger partial charge is 0.495 e. The highest BCUT2D eigenvalue weighted by molar-refractivity contribution is 6.32. The van der Waals surface area contributed by atoms with Crippen LogP contribution < -0.4 is 14.8 Å². The summed E-state index contributed by atoms with van der Waals surface area (Å²) in [7, 11) is 1.54. The van der Waals surface area contributed by atoms with Crippen molar-refractivity contribution in [1.82, 2.24) is 0 Å². The fraction of sp³-hybridized carbons (Fsp3) is 0.316. The molecule has 1 amide bonds. The number of rotatable bonds is 7. The van der Waals surface area contributed by atoms with Gasteiger partial charge in [0.25, 0.3) is 5.91 Å². The predicted octanol–water partition coefficient (Wildman–Crippen LogP) is 4.88. The molecule has 0 bridgehead atoms. The first-order chi connectivity index (χ1) is 11.5. The van der Waals surface area contributed by atoms with Gasteiger partial charge in [0.2, 0.25) is 0 Å². The van der Waals surface area contributed by atoms with Gasteiger partial charge in [-0.1, -0.05) is 37.6 Å². The van der Waals surface area contributed by atoms with Gasteiger partial charge in [-0.05, 0) is 48.2 Å². The molecule has 0 aliphatic rings. The van der Waals surface area contributed by atoms with Crippen molar-refractivity contribution in [2.24, 2.45) is 0 Å². The van der Waals surface area contributed by atoms with Crippen LogP contribution in [-0.2, 0) is 4.79 Å². The maximum absolute atomic E-state index is 12.0. The number of methoxy groups -OCH3 is 1. The highest BCUT2D eigenvalue weighted by atomic mass is 35.5. The van der Waals surface area contributed by atoms with Crippen LogP contribution in [-0.4, -0.2) is 19.6 Å². The van der Waals surface area contributed by atoms with Gasteiger partial charge in [-0.2, -0.15) is 0 Å². The van der Waals surface area contributed by atoms with Gasteiger partial charge in [0.15, 0.2) is 6.61 Å². The van der Waals surface area contributed by atoms with Crippen LogP contribution in [0.15, 0.2) is 42.5 Å². The minimum absolute atomic E-state index is 0.0632. The number of hydrogen-bond acceptors (Lipinski definition) is 3. The van der Waals surface area contributed by atoms with Crippen molar-refractivity contribution in [2.45, 2.75) is 26.2 Å². The second-order valence-corrected chi connectivity index (χ2v) is 5.97. The minimum Gasteiger partial charge on any atom is -0.495 e. The molecule has 128 valence electrons. The first kappa shape index (κ1) is 18.1. The molecule has 2 aromatic rings. The monoisotopic (exact) mass is 347 g/mol. The molecule has 0 saturated heterocycles. The molecule has 0 radical (unpaired) electrons. The summed E-state index contributed by atoms with van der Waals surface area (Å²) in [4.78, 5) is 12.0. The molecule has 2 aromatic carbocycles. The Bertz CT molecular complexity index is 686. The summed E-state index contributed by atoms with van der Waals surface area (Å²) in [5.74, 6) is 1.50. The van der Waals surface area contributed by atoms with Crippen LogP contribution in [0.25, 0.3) is 0 Å². The standard InChI is InChI=1S/C19H22ClNO3/c1-4-13(2)14-5-8-16(9-6-14)24-12-19(22)21-15-7-10-18(23-3)17(20)11-15/h5-11,13H,4,12H2,1-3H3,(H,21,22). The van der Waals surface area contributed by atoms with Crippen molar-refractivity contribution in [1.29, 1.82) is 0 Å². The van der Waals surface area contributed by atoms with Gasteiger partial charge in [-0.3, -0.25) is 4.79 Å². The van der Waals surface area contributed by atoms with E-state index in [9.17, 15) is 4.79 Å². The van der Waals surface area contributed by atoms with Crippen molar-refractivity contribution < 1.29 is 14.3 Å². The maximum atomic E-state index is 12.0. The Balaban J connectivity index is 1.88. The number of carbonyl (C=O) groups is 1. The molecule has 1 unspecified atom stereocenters. The number of ether oxygens (including phenoxy) is 2. The lowest BCUT2D eigenvalue weighted by atomic mass is 9.99. The van der Waals surface area contributed by atoms with Crippen LogP contribution in [0.3, 0.4) is 0 Å². The number of benzene rings is 2. The second-order valence-electron chi connectivity index (χ2n) is 5.56. The van der Waals surface area contributed by atoms with Gasteiger partial charge < -0.3 is 14.8 Å². The Morgan fingerprint density at radius 3 is 2.50 bits per heavy atom. The van der Waals surface area contributed by atoms with E-state index in [0.717, 1.165) is 6.42 Å². The molecule has 5 heteroatoms. The zero-order valence-electron chi connectivity index (χ0n) is 14.1. The molecule has 1 N–H and O–H groups in total. The van der Waals surface area contributed by atoms with Crippen molar-refractivity contribution in [2.75, 3.05) is 19.0 Å². The number of carbonyl (C=O) groups excluding carboxylic acids is 1. The first-order valence-corrected chi connectivity index (χ1v) is 8.27. The Morgan fingerprint density at radius 2 is 1.92 bits per heavy atom. The van der Waals surface area contributed by atoms with E-state index < -0.39 is 0 Å². The number of nitrogens with one attached hydrogen (secondary N) is 1. The van der Waals surface area contributed by atoms with Crippen molar-refractivity contribution in [3.05, 3.63) is 53.1 Å². The fourth-order valence-corrected chi connectivity index (χ4v) is 2.48.